The number of rotatable bonds is 4. The number of benzene rings is 2. The first kappa shape index (κ1) is 15.1. The van der Waals surface area contributed by atoms with Crippen LogP contribution in [0.1, 0.15) is 10.4 Å². The number of nitrogens with zero attached hydrogens (tertiary/aromatic N) is 1. The van der Waals surface area contributed by atoms with Crippen LogP contribution in [0.25, 0.3) is 0 Å². The first-order chi connectivity index (χ1) is 9.88. The maximum atomic E-state index is 10.8. The summed E-state index contributed by atoms with van der Waals surface area (Å²) in [4.78, 5) is 20.9. The van der Waals surface area contributed by atoms with E-state index in [4.69, 9.17) is 33.0 Å². The zero-order valence-corrected chi connectivity index (χ0v) is 11.8. The molecule has 1 N–H and O–H groups in total. The number of carboxylic acids is 1. The molecule has 0 atom stereocenters. The van der Waals surface area contributed by atoms with Crippen molar-refractivity contribution in [2.24, 2.45) is 0 Å². The fourth-order valence-electron chi connectivity index (χ4n) is 1.52. The van der Waals surface area contributed by atoms with Gasteiger partial charge in [0, 0.05) is 6.07 Å². The van der Waals surface area contributed by atoms with E-state index in [2.05, 4.69) is 0 Å². The topological polar surface area (TPSA) is 89.7 Å². The Hall–Kier alpha value is -2.31. The van der Waals surface area contributed by atoms with Crippen molar-refractivity contribution in [2.75, 3.05) is 0 Å². The van der Waals surface area contributed by atoms with E-state index in [1.165, 1.54) is 30.3 Å². The summed E-state index contributed by atoms with van der Waals surface area (Å²) in [6.45, 7) is 0. The van der Waals surface area contributed by atoms with Gasteiger partial charge in [-0.05, 0) is 24.3 Å². The molecule has 0 amide bonds. The van der Waals surface area contributed by atoms with Crippen LogP contribution < -0.4 is 4.74 Å². The molecule has 2 aromatic carbocycles. The van der Waals surface area contributed by atoms with E-state index in [0.29, 0.717) is 0 Å². The second-order valence-corrected chi connectivity index (χ2v) is 4.74. The minimum absolute atomic E-state index is 0.00232. The number of carboxylic acid groups (broad SMARTS) is 1. The van der Waals surface area contributed by atoms with Crippen LogP contribution in [0.3, 0.4) is 0 Å². The predicted molar refractivity (Wildman–Crippen MR) is 76.6 cm³/mol. The van der Waals surface area contributed by atoms with Crippen LogP contribution in [0.5, 0.6) is 11.5 Å². The molecule has 0 saturated carbocycles. The molecule has 2 rings (SSSR count). The van der Waals surface area contributed by atoms with Crippen molar-refractivity contribution in [1.29, 1.82) is 0 Å². The number of carbonyl (C=O) groups is 1. The lowest BCUT2D eigenvalue weighted by molar-refractivity contribution is -0.384. The van der Waals surface area contributed by atoms with Gasteiger partial charge in [0.05, 0.1) is 26.6 Å². The fraction of sp³-hybridized carbons (Fsp3) is 0. The molecule has 0 unspecified atom stereocenters. The highest BCUT2D eigenvalue weighted by Gasteiger charge is 2.14. The molecular weight excluding hydrogens is 321 g/mol. The number of non-ortho nitro benzene ring substituents is 1. The fourth-order valence-corrected chi connectivity index (χ4v) is 1.89. The Balaban J connectivity index is 2.36. The molecule has 8 heteroatoms. The van der Waals surface area contributed by atoms with Gasteiger partial charge in [-0.1, -0.05) is 23.2 Å². The van der Waals surface area contributed by atoms with Gasteiger partial charge in [0.1, 0.15) is 5.75 Å². The van der Waals surface area contributed by atoms with Crippen molar-refractivity contribution >= 4 is 34.9 Å². The summed E-state index contributed by atoms with van der Waals surface area (Å²) in [6, 6.07) is 7.59. The van der Waals surface area contributed by atoms with Crippen molar-refractivity contribution in [3.05, 3.63) is 62.1 Å². The third kappa shape index (κ3) is 3.42. The first-order valence-corrected chi connectivity index (χ1v) is 6.28. The maximum absolute atomic E-state index is 10.8. The van der Waals surface area contributed by atoms with Crippen LogP contribution in [0, 0.1) is 10.1 Å². The Morgan fingerprint density at radius 3 is 2.38 bits per heavy atom. The van der Waals surface area contributed by atoms with Crippen molar-refractivity contribution in [2.45, 2.75) is 0 Å². The molecule has 0 radical (unpaired) electrons. The molecule has 0 saturated heterocycles. The molecule has 108 valence electrons. The standard InChI is InChI=1S/C13H7Cl2NO5/c14-9-3-2-8(16(19)20)6-12(9)21-11-4-1-7(13(17)18)5-10(11)15/h1-6H,(H,17,18). The van der Waals surface area contributed by atoms with E-state index in [1.807, 2.05) is 0 Å². The summed E-state index contributed by atoms with van der Waals surface area (Å²) < 4.78 is 5.40. The molecule has 0 aliphatic carbocycles. The number of aromatic carboxylic acids is 1. The molecule has 6 nitrogen and oxygen atoms in total. The van der Waals surface area contributed by atoms with Crippen LogP contribution in [0.2, 0.25) is 10.0 Å². The van der Waals surface area contributed by atoms with Gasteiger partial charge in [0.25, 0.3) is 5.69 Å². The van der Waals surface area contributed by atoms with Gasteiger partial charge in [0.15, 0.2) is 5.75 Å². The SMILES string of the molecule is O=C(O)c1ccc(Oc2cc([N+](=O)[O-])ccc2Cl)c(Cl)c1. The van der Waals surface area contributed by atoms with Crippen LogP contribution in [0.4, 0.5) is 5.69 Å². The Kier molecular flexibility index (Phi) is 4.30. The van der Waals surface area contributed by atoms with E-state index in [1.54, 1.807) is 0 Å². The van der Waals surface area contributed by atoms with Crippen molar-refractivity contribution in [1.82, 2.24) is 0 Å². The molecule has 0 aliphatic rings. The average Bonchev–Trinajstić information content (AvgIpc) is 2.42. The molecule has 0 aliphatic heterocycles. The summed E-state index contributed by atoms with van der Waals surface area (Å²) in [5, 5.41) is 19.8. The highest BCUT2D eigenvalue weighted by molar-refractivity contribution is 6.33. The molecule has 0 bridgehead atoms. The van der Waals surface area contributed by atoms with E-state index in [9.17, 15) is 14.9 Å². The van der Waals surface area contributed by atoms with Crippen LogP contribution >= 0.6 is 23.2 Å². The second-order valence-electron chi connectivity index (χ2n) is 3.92. The van der Waals surface area contributed by atoms with Crippen LogP contribution in [0.15, 0.2) is 36.4 Å². The molecule has 0 aromatic heterocycles. The number of halogens is 2. The van der Waals surface area contributed by atoms with E-state index < -0.39 is 10.9 Å². The molecule has 21 heavy (non-hydrogen) atoms. The van der Waals surface area contributed by atoms with Gasteiger partial charge in [-0.2, -0.15) is 0 Å². The second kappa shape index (κ2) is 5.99. The lowest BCUT2D eigenvalue weighted by atomic mass is 10.2. The molecular formula is C13H7Cl2NO5. The van der Waals surface area contributed by atoms with Crippen LogP contribution in [-0.4, -0.2) is 16.0 Å². The van der Waals surface area contributed by atoms with E-state index in [-0.39, 0.29) is 32.8 Å². The molecule has 0 fully saturated rings. The monoisotopic (exact) mass is 327 g/mol. The Labute approximate surface area is 128 Å². The van der Waals surface area contributed by atoms with Crippen molar-refractivity contribution in [3.8, 4) is 11.5 Å². The van der Waals surface area contributed by atoms with Gasteiger partial charge in [-0.3, -0.25) is 10.1 Å². The molecule has 0 heterocycles. The predicted octanol–water partition coefficient (Wildman–Crippen LogP) is 4.39. The smallest absolute Gasteiger partial charge is 0.335 e. The highest BCUT2D eigenvalue weighted by Crippen LogP contribution is 2.36. The number of ether oxygens (including phenoxy) is 1. The summed E-state index contributed by atoms with van der Waals surface area (Å²) in [5.74, 6) is -0.934. The first-order valence-electron chi connectivity index (χ1n) is 5.53. The third-order valence-corrected chi connectivity index (χ3v) is 3.13. The number of nitro groups is 1. The summed E-state index contributed by atoms with van der Waals surface area (Å²) in [6.07, 6.45) is 0. The third-order valence-electron chi connectivity index (χ3n) is 2.52. The molecule has 0 spiro atoms. The Bertz CT molecular complexity index is 732. The normalized spacial score (nSPS) is 10.2. The zero-order chi connectivity index (χ0) is 15.6. The quantitative estimate of drug-likeness (QED) is 0.664. The summed E-state index contributed by atoms with van der Waals surface area (Å²) >= 11 is 11.8. The van der Waals surface area contributed by atoms with Gasteiger partial charge in [-0.15, -0.1) is 0 Å². The number of nitro benzene ring substituents is 1. The van der Waals surface area contributed by atoms with Crippen molar-refractivity contribution in [3.63, 3.8) is 0 Å². The van der Waals surface area contributed by atoms with Crippen LogP contribution in [-0.2, 0) is 0 Å². The minimum Gasteiger partial charge on any atom is -0.478 e. The highest BCUT2D eigenvalue weighted by atomic mass is 35.5. The number of hydrogen-bond donors (Lipinski definition) is 1. The lowest BCUT2D eigenvalue weighted by Crippen LogP contribution is -1.96. The van der Waals surface area contributed by atoms with E-state index >= 15 is 0 Å². The maximum Gasteiger partial charge on any atom is 0.335 e. The largest absolute Gasteiger partial charge is 0.478 e. The Morgan fingerprint density at radius 2 is 1.81 bits per heavy atom. The summed E-state index contributed by atoms with van der Waals surface area (Å²) in [5.41, 5.74) is -0.190. The van der Waals surface area contributed by atoms with Crippen molar-refractivity contribution < 1.29 is 19.6 Å². The molecule has 2 aromatic rings. The van der Waals surface area contributed by atoms with Gasteiger partial charge < -0.3 is 9.84 Å². The average molecular weight is 328 g/mol. The lowest BCUT2D eigenvalue weighted by Gasteiger charge is -2.09. The minimum atomic E-state index is -1.13. The number of hydrogen-bond acceptors (Lipinski definition) is 4. The zero-order valence-electron chi connectivity index (χ0n) is 10.2. The summed E-state index contributed by atoms with van der Waals surface area (Å²) in [7, 11) is 0. The van der Waals surface area contributed by atoms with Gasteiger partial charge >= 0.3 is 5.97 Å². The van der Waals surface area contributed by atoms with E-state index in [0.717, 1.165) is 6.07 Å². The van der Waals surface area contributed by atoms with Gasteiger partial charge in [-0.25, -0.2) is 4.79 Å². The van der Waals surface area contributed by atoms with Gasteiger partial charge in [0.2, 0.25) is 0 Å². The Morgan fingerprint density at radius 1 is 1.10 bits per heavy atom.